The number of nitrogens with two attached hydrogens (primary N) is 1. The van der Waals surface area contributed by atoms with E-state index in [2.05, 4.69) is 11.7 Å². The predicted octanol–water partition coefficient (Wildman–Crippen LogP) is 2.06. The molecule has 5 heteroatoms. The largest absolute Gasteiger partial charge is 0.509 e. The van der Waals surface area contributed by atoms with Crippen molar-refractivity contribution in [2.24, 2.45) is 11.7 Å². The average molecular weight is 224 g/mol. The molecule has 84 valence electrons. The van der Waals surface area contributed by atoms with Gasteiger partial charge >= 0.3 is 6.16 Å². The highest BCUT2D eigenvalue weighted by atomic mass is 35.5. The van der Waals surface area contributed by atoms with Gasteiger partial charge in [-0.15, -0.1) is 12.4 Å². The molecule has 2 N–H and O–H groups in total. The van der Waals surface area contributed by atoms with Crippen molar-refractivity contribution in [1.82, 2.24) is 0 Å². The smallest absolute Gasteiger partial charge is 0.438 e. The monoisotopic (exact) mass is 223 g/mol. The maximum Gasteiger partial charge on any atom is 0.509 e. The molecule has 1 aliphatic carbocycles. The van der Waals surface area contributed by atoms with Gasteiger partial charge < -0.3 is 9.47 Å². The van der Waals surface area contributed by atoms with Crippen molar-refractivity contribution in [1.29, 1.82) is 0 Å². The first-order valence-electron chi connectivity index (χ1n) is 4.61. The predicted molar refractivity (Wildman–Crippen MR) is 55.3 cm³/mol. The summed E-state index contributed by atoms with van der Waals surface area (Å²) in [5, 5.41) is 0. The van der Waals surface area contributed by atoms with Crippen LogP contribution in [0.1, 0.15) is 32.6 Å². The fraction of sp³-hybridized carbons (Fsp3) is 0.889. The average Bonchev–Trinajstić information content (AvgIpc) is 2.10. The molecule has 0 saturated heterocycles. The van der Waals surface area contributed by atoms with E-state index < -0.39 is 11.9 Å². The quantitative estimate of drug-likeness (QED) is 0.546. The van der Waals surface area contributed by atoms with Crippen molar-refractivity contribution in [3.63, 3.8) is 0 Å². The van der Waals surface area contributed by atoms with Gasteiger partial charge in [0.15, 0.2) is 5.72 Å². The van der Waals surface area contributed by atoms with Crippen molar-refractivity contribution in [3.8, 4) is 0 Å². The van der Waals surface area contributed by atoms with Crippen LogP contribution in [0.15, 0.2) is 0 Å². The van der Waals surface area contributed by atoms with Gasteiger partial charge in [-0.25, -0.2) is 4.79 Å². The minimum Gasteiger partial charge on any atom is -0.438 e. The third kappa shape index (κ3) is 3.72. The molecular weight excluding hydrogens is 206 g/mol. The molecule has 4 nitrogen and oxygen atoms in total. The summed E-state index contributed by atoms with van der Waals surface area (Å²) >= 11 is 0. The van der Waals surface area contributed by atoms with Crippen LogP contribution in [0.3, 0.4) is 0 Å². The molecule has 0 radical (unpaired) electrons. The summed E-state index contributed by atoms with van der Waals surface area (Å²) in [5.41, 5.74) is 5.08. The summed E-state index contributed by atoms with van der Waals surface area (Å²) in [6, 6.07) is 0. The normalized spacial score (nSPS) is 31.5. The molecule has 0 heterocycles. The van der Waals surface area contributed by atoms with Crippen LogP contribution in [0.25, 0.3) is 0 Å². The molecule has 14 heavy (non-hydrogen) atoms. The van der Waals surface area contributed by atoms with Gasteiger partial charge in [0.2, 0.25) is 0 Å². The van der Waals surface area contributed by atoms with E-state index in [4.69, 9.17) is 10.5 Å². The molecule has 0 amide bonds. The number of hydrogen-bond donors (Lipinski definition) is 1. The lowest BCUT2D eigenvalue weighted by molar-refractivity contribution is -0.0510. The highest BCUT2D eigenvalue weighted by Gasteiger charge is 2.34. The van der Waals surface area contributed by atoms with E-state index in [0.29, 0.717) is 5.92 Å². The molecular formula is C9H18ClNO3. The molecule has 1 saturated carbocycles. The number of methoxy groups -OCH3 is 1. The Bertz CT molecular complexity index is 190. The maximum atomic E-state index is 10.8. The van der Waals surface area contributed by atoms with Gasteiger partial charge in [0, 0.05) is 12.8 Å². The van der Waals surface area contributed by atoms with Crippen LogP contribution in [0, 0.1) is 5.92 Å². The summed E-state index contributed by atoms with van der Waals surface area (Å²) < 4.78 is 9.40. The fourth-order valence-corrected chi connectivity index (χ4v) is 1.56. The van der Waals surface area contributed by atoms with Crippen molar-refractivity contribution in [2.45, 2.75) is 38.3 Å². The molecule has 0 aromatic rings. The zero-order valence-corrected chi connectivity index (χ0v) is 9.43. The maximum absolute atomic E-state index is 10.8. The Kier molecular flexibility index (Phi) is 5.23. The number of hydrogen-bond acceptors (Lipinski definition) is 4. The second-order valence-corrected chi connectivity index (χ2v) is 3.80. The highest BCUT2D eigenvalue weighted by molar-refractivity contribution is 5.85. The van der Waals surface area contributed by atoms with Gasteiger partial charge in [-0.05, 0) is 18.8 Å². The minimum absolute atomic E-state index is 0. The molecule has 1 aliphatic rings. The van der Waals surface area contributed by atoms with Gasteiger partial charge in [-0.2, -0.15) is 0 Å². The Morgan fingerprint density at radius 1 is 1.43 bits per heavy atom. The van der Waals surface area contributed by atoms with Crippen LogP contribution in [-0.2, 0) is 9.47 Å². The Balaban J connectivity index is 0.00000169. The Morgan fingerprint density at radius 3 is 2.36 bits per heavy atom. The van der Waals surface area contributed by atoms with E-state index in [1.165, 1.54) is 7.11 Å². The topological polar surface area (TPSA) is 61.5 Å². The van der Waals surface area contributed by atoms with E-state index in [1.54, 1.807) is 0 Å². The summed E-state index contributed by atoms with van der Waals surface area (Å²) in [6.45, 7) is 2.18. The molecule has 0 bridgehead atoms. The zero-order chi connectivity index (χ0) is 9.90. The van der Waals surface area contributed by atoms with Crippen molar-refractivity contribution < 1.29 is 14.3 Å². The molecule has 0 aromatic heterocycles. The standard InChI is InChI=1S/C9H17NO3.ClH/c1-7-3-5-9(10,6-4-7)13-8(11)12-2;/h7H,3-6,10H2,1-2H3;1H. The second-order valence-electron chi connectivity index (χ2n) is 3.80. The molecule has 0 spiro atoms. The number of halogens is 1. The first-order chi connectivity index (χ1) is 6.06. The third-order valence-electron chi connectivity index (χ3n) is 2.57. The number of carbonyl (C=O) groups is 1. The lowest BCUT2D eigenvalue weighted by Gasteiger charge is -2.34. The highest BCUT2D eigenvalue weighted by Crippen LogP contribution is 2.30. The zero-order valence-electron chi connectivity index (χ0n) is 8.62. The van der Waals surface area contributed by atoms with Gasteiger partial charge in [0.05, 0.1) is 7.11 Å². The van der Waals surface area contributed by atoms with Crippen LogP contribution in [0.2, 0.25) is 0 Å². The molecule has 0 aliphatic heterocycles. The molecule has 0 atom stereocenters. The molecule has 1 fully saturated rings. The molecule has 1 rings (SSSR count). The lowest BCUT2D eigenvalue weighted by atomic mass is 9.85. The molecule has 0 unspecified atom stereocenters. The van der Waals surface area contributed by atoms with Gasteiger partial charge in [0.25, 0.3) is 0 Å². The second kappa shape index (κ2) is 5.41. The van der Waals surface area contributed by atoms with Crippen LogP contribution in [0.5, 0.6) is 0 Å². The van der Waals surface area contributed by atoms with Crippen molar-refractivity contribution in [3.05, 3.63) is 0 Å². The molecule has 0 aromatic carbocycles. The number of carbonyl (C=O) groups excluding carboxylic acids is 1. The van der Waals surface area contributed by atoms with E-state index >= 15 is 0 Å². The Labute approximate surface area is 90.5 Å². The summed E-state index contributed by atoms with van der Waals surface area (Å²) in [6.07, 6.45) is 2.78. The summed E-state index contributed by atoms with van der Waals surface area (Å²) in [7, 11) is 1.29. The Morgan fingerprint density at radius 2 is 1.93 bits per heavy atom. The van der Waals surface area contributed by atoms with E-state index in [9.17, 15) is 4.79 Å². The fourth-order valence-electron chi connectivity index (χ4n) is 1.56. The summed E-state index contributed by atoms with van der Waals surface area (Å²) in [4.78, 5) is 10.8. The van der Waals surface area contributed by atoms with Gasteiger partial charge in [-0.1, -0.05) is 6.92 Å². The van der Waals surface area contributed by atoms with Crippen LogP contribution < -0.4 is 5.73 Å². The van der Waals surface area contributed by atoms with Crippen LogP contribution in [0.4, 0.5) is 4.79 Å². The SMILES string of the molecule is COC(=O)OC1(N)CCC(C)CC1.Cl. The van der Waals surface area contributed by atoms with Gasteiger partial charge in [-0.3, -0.25) is 5.73 Å². The number of ether oxygens (including phenoxy) is 2. The van der Waals surface area contributed by atoms with Crippen molar-refractivity contribution >= 4 is 18.6 Å². The third-order valence-corrected chi connectivity index (χ3v) is 2.57. The van der Waals surface area contributed by atoms with Gasteiger partial charge in [0.1, 0.15) is 0 Å². The van der Waals surface area contributed by atoms with Crippen LogP contribution >= 0.6 is 12.4 Å². The minimum atomic E-state index is -0.792. The first kappa shape index (κ1) is 13.5. The van der Waals surface area contributed by atoms with Crippen LogP contribution in [-0.4, -0.2) is 19.0 Å². The van der Waals surface area contributed by atoms with Crippen molar-refractivity contribution in [2.75, 3.05) is 7.11 Å². The van der Waals surface area contributed by atoms with E-state index in [1.807, 2.05) is 0 Å². The lowest BCUT2D eigenvalue weighted by Crippen LogP contribution is -2.47. The van der Waals surface area contributed by atoms with E-state index in [0.717, 1.165) is 25.7 Å². The Hall–Kier alpha value is -0.480. The number of rotatable bonds is 1. The van der Waals surface area contributed by atoms with E-state index in [-0.39, 0.29) is 12.4 Å². The summed E-state index contributed by atoms with van der Waals surface area (Å²) in [5.74, 6) is 0.679. The first-order valence-corrected chi connectivity index (χ1v) is 4.61.